The second-order valence-corrected chi connectivity index (χ2v) is 5.81. The second-order valence-electron chi connectivity index (χ2n) is 5.81. The third-order valence-corrected chi connectivity index (χ3v) is 3.97. The summed E-state index contributed by atoms with van der Waals surface area (Å²) < 4.78 is 0. The summed E-state index contributed by atoms with van der Waals surface area (Å²) in [5, 5.41) is 12.2. The first-order valence-electron chi connectivity index (χ1n) is 7.56. The number of aryl methyl sites for hydroxylation is 2. The zero-order valence-electron chi connectivity index (χ0n) is 13.5. The number of amides is 1. The zero-order valence-corrected chi connectivity index (χ0v) is 13.5. The van der Waals surface area contributed by atoms with Crippen LogP contribution in [0.25, 0.3) is 0 Å². The van der Waals surface area contributed by atoms with Crippen molar-refractivity contribution >= 4 is 11.9 Å². The minimum Gasteiger partial charge on any atom is -0.481 e. The van der Waals surface area contributed by atoms with Crippen LogP contribution in [0.15, 0.2) is 48.5 Å². The molecule has 2 atom stereocenters. The summed E-state index contributed by atoms with van der Waals surface area (Å²) in [4.78, 5) is 24.0. The number of carbonyl (C=O) groups is 2. The standard InChI is InChI=1S/C19H21NO3/c1-12-9-10-13(2)16(11-12)18(21)20-17(14(3)19(22)23)15-7-5-4-6-8-15/h4-11,14,17H,1-3H3,(H,20,21)(H,22,23). The predicted molar refractivity (Wildman–Crippen MR) is 89.4 cm³/mol. The highest BCUT2D eigenvalue weighted by Crippen LogP contribution is 2.23. The maximum absolute atomic E-state index is 12.6. The summed E-state index contributed by atoms with van der Waals surface area (Å²) in [6.07, 6.45) is 0. The van der Waals surface area contributed by atoms with Crippen LogP contribution in [0, 0.1) is 19.8 Å². The Bertz CT molecular complexity index is 710. The Labute approximate surface area is 136 Å². The van der Waals surface area contributed by atoms with Gasteiger partial charge in [0.25, 0.3) is 5.91 Å². The normalized spacial score (nSPS) is 13.2. The Balaban J connectivity index is 2.32. The van der Waals surface area contributed by atoms with Gasteiger partial charge >= 0.3 is 5.97 Å². The maximum Gasteiger partial charge on any atom is 0.308 e. The molecule has 2 aromatic carbocycles. The first kappa shape index (κ1) is 16.7. The molecular weight excluding hydrogens is 290 g/mol. The van der Waals surface area contributed by atoms with Crippen LogP contribution < -0.4 is 5.32 Å². The molecule has 120 valence electrons. The molecule has 2 N–H and O–H groups in total. The smallest absolute Gasteiger partial charge is 0.308 e. The lowest BCUT2D eigenvalue weighted by Crippen LogP contribution is -2.35. The molecule has 2 rings (SSSR count). The molecule has 2 unspecified atom stereocenters. The highest BCUT2D eigenvalue weighted by molar-refractivity contribution is 5.96. The molecule has 4 heteroatoms. The van der Waals surface area contributed by atoms with Gasteiger partial charge in [-0.25, -0.2) is 0 Å². The van der Waals surface area contributed by atoms with Crippen molar-refractivity contribution in [1.82, 2.24) is 5.32 Å². The summed E-state index contributed by atoms with van der Waals surface area (Å²) in [5.74, 6) is -1.93. The van der Waals surface area contributed by atoms with E-state index in [0.29, 0.717) is 5.56 Å². The number of carbonyl (C=O) groups excluding carboxylic acids is 1. The molecule has 0 spiro atoms. The monoisotopic (exact) mass is 311 g/mol. The van der Waals surface area contributed by atoms with Gasteiger partial charge in [-0.2, -0.15) is 0 Å². The van der Waals surface area contributed by atoms with Crippen molar-refractivity contribution in [3.8, 4) is 0 Å². The van der Waals surface area contributed by atoms with Crippen molar-refractivity contribution in [1.29, 1.82) is 0 Å². The van der Waals surface area contributed by atoms with Crippen LogP contribution in [0.2, 0.25) is 0 Å². The van der Waals surface area contributed by atoms with Crippen molar-refractivity contribution in [2.24, 2.45) is 5.92 Å². The van der Waals surface area contributed by atoms with E-state index in [2.05, 4.69) is 5.32 Å². The molecule has 0 bridgehead atoms. The van der Waals surface area contributed by atoms with Gasteiger partial charge in [0.2, 0.25) is 0 Å². The molecule has 0 aromatic heterocycles. The van der Waals surface area contributed by atoms with Gasteiger partial charge in [0.05, 0.1) is 12.0 Å². The van der Waals surface area contributed by atoms with E-state index in [-0.39, 0.29) is 5.91 Å². The predicted octanol–water partition coefficient (Wildman–Crippen LogP) is 3.50. The number of hydrogen-bond acceptors (Lipinski definition) is 2. The van der Waals surface area contributed by atoms with Gasteiger partial charge in [0, 0.05) is 5.56 Å². The highest BCUT2D eigenvalue weighted by Gasteiger charge is 2.27. The molecule has 4 nitrogen and oxygen atoms in total. The largest absolute Gasteiger partial charge is 0.481 e. The Hall–Kier alpha value is -2.62. The first-order valence-corrected chi connectivity index (χ1v) is 7.56. The number of rotatable bonds is 5. The van der Waals surface area contributed by atoms with Crippen molar-refractivity contribution in [2.75, 3.05) is 0 Å². The third kappa shape index (κ3) is 3.97. The minimum absolute atomic E-state index is 0.256. The SMILES string of the molecule is Cc1ccc(C)c(C(=O)NC(c2ccccc2)C(C)C(=O)O)c1. The number of aliphatic carboxylic acids is 1. The van der Waals surface area contributed by atoms with Crippen molar-refractivity contribution in [3.63, 3.8) is 0 Å². The van der Waals surface area contributed by atoms with Crippen LogP contribution in [-0.4, -0.2) is 17.0 Å². The average molecular weight is 311 g/mol. The van der Waals surface area contributed by atoms with E-state index >= 15 is 0 Å². The van der Waals surface area contributed by atoms with Crippen LogP contribution in [0.4, 0.5) is 0 Å². The lowest BCUT2D eigenvalue weighted by Gasteiger charge is -2.23. The Morgan fingerprint density at radius 3 is 2.30 bits per heavy atom. The van der Waals surface area contributed by atoms with E-state index in [9.17, 15) is 14.7 Å². The summed E-state index contributed by atoms with van der Waals surface area (Å²) in [5.41, 5.74) is 3.20. The summed E-state index contributed by atoms with van der Waals surface area (Å²) in [6, 6.07) is 14.3. The number of benzene rings is 2. The summed E-state index contributed by atoms with van der Waals surface area (Å²) >= 11 is 0. The van der Waals surface area contributed by atoms with Crippen LogP contribution >= 0.6 is 0 Å². The molecule has 0 saturated heterocycles. The number of carboxylic acids is 1. The lowest BCUT2D eigenvalue weighted by atomic mass is 9.93. The lowest BCUT2D eigenvalue weighted by molar-refractivity contribution is -0.142. The van der Waals surface area contributed by atoms with Crippen LogP contribution in [-0.2, 0) is 4.79 Å². The summed E-state index contributed by atoms with van der Waals surface area (Å²) in [7, 11) is 0. The van der Waals surface area contributed by atoms with Crippen LogP contribution in [0.5, 0.6) is 0 Å². The van der Waals surface area contributed by atoms with Gasteiger partial charge in [-0.3, -0.25) is 9.59 Å². The first-order chi connectivity index (χ1) is 10.9. The van der Waals surface area contributed by atoms with Crippen LogP contribution in [0.3, 0.4) is 0 Å². The molecule has 0 heterocycles. The van der Waals surface area contributed by atoms with Gasteiger partial charge in [0.15, 0.2) is 0 Å². The fraction of sp³-hybridized carbons (Fsp3) is 0.263. The Kier molecular flexibility index (Phi) is 5.16. The van der Waals surface area contributed by atoms with E-state index in [1.54, 1.807) is 6.92 Å². The van der Waals surface area contributed by atoms with E-state index in [1.165, 1.54) is 0 Å². The molecule has 0 saturated carbocycles. The fourth-order valence-electron chi connectivity index (χ4n) is 2.50. The highest BCUT2D eigenvalue weighted by atomic mass is 16.4. The van der Waals surface area contributed by atoms with Crippen molar-refractivity contribution < 1.29 is 14.7 Å². The van der Waals surface area contributed by atoms with Gasteiger partial charge in [0.1, 0.15) is 0 Å². The maximum atomic E-state index is 12.6. The molecule has 0 aliphatic carbocycles. The topological polar surface area (TPSA) is 66.4 Å². The van der Waals surface area contributed by atoms with Gasteiger partial charge in [-0.05, 0) is 38.0 Å². The molecule has 0 aliphatic rings. The molecule has 1 amide bonds. The fourth-order valence-corrected chi connectivity index (χ4v) is 2.50. The molecule has 0 radical (unpaired) electrons. The number of carboxylic acid groups (broad SMARTS) is 1. The van der Waals surface area contributed by atoms with E-state index in [0.717, 1.165) is 16.7 Å². The number of nitrogens with one attached hydrogen (secondary N) is 1. The van der Waals surface area contributed by atoms with Gasteiger partial charge in [-0.15, -0.1) is 0 Å². The Morgan fingerprint density at radius 1 is 1.04 bits per heavy atom. The second kappa shape index (κ2) is 7.09. The molecule has 0 fully saturated rings. The molecule has 23 heavy (non-hydrogen) atoms. The van der Waals surface area contributed by atoms with E-state index in [4.69, 9.17) is 0 Å². The molecule has 2 aromatic rings. The van der Waals surface area contributed by atoms with E-state index in [1.807, 2.05) is 62.4 Å². The molecule has 0 aliphatic heterocycles. The average Bonchev–Trinajstić information content (AvgIpc) is 2.54. The summed E-state index contributed by atoms with van der Waals surface area (Å²) in [6.45, 7) is 5.39. The van der Waals surface area contributed by atoms with Crippen LogP contribution in [0.1, 0.15) is 40.0 Å². The van der Waals surface area contributed by atoms with E-state index < -0.39 is 17.9 Å². The Morgan fingerprint density at radius 2 is 1.70 bits per heavy atom. The van der Waals surface area contributed by atoms with Gasteiger partial charge < -0.3 is 10.4 Å². The third-order valence-electron chi connectivity index (χ3n) is 3.97. The van der Waals surface area contributed by atoms with Gasteiger partial charge in [-0.1, -0.05) is 48.0 Å². The number of hydrogen-bond donors (Lipinski definition) is 2. The quantitative estimate of drug-likeness (QED) is 0.888. The zero-order chi connectivity index (χ0) is 17.0. The molecular formula is C19H21NO3. The minimum atomic E-state index is -0.944. The van der Waals surface area contributed by atoms with Crippen molar-refractivity contribution in [2.45, 2.75) is 26.8 Å². The van der Waals surface area contributed by atoms with Crippen molar-refractivity contribution in [3.05, 3.63) is 70.8 Å².